The van der Waals surface area contributed by atoms with Crippen LogP contribution in [-0.2, 0) is 19.6 Å². The van der Waals surface area contributed by atoms with Crippen molar-refractivity contribution >= 4 is 0 Å². The van der Waals surface area contributed by atoms with Gasteiger partial charge < -0.3 is 5.73 Å². The molecule has 2 N–H and O–H groups in total. The lowest BCUT2D eigenvalue weighted by atomic mass is 10.2. The van der Waals surface area contributed by atoms with Crippen LogP contribution in [0.3, 0.4) is 0 Å². The molecule has 0 radical (unpaired) electrons. The molecule has 0 saturated heterocycles. The highest BCUT2D eigenvalue weighted by Gasteiger charge is 2.08. The van der Waals surface area contributed by atoms with Crippen LogP contribution in [0.2, 0.25) is 0 Å². The number of hydrogen-bond donors (Lipinski definition) is 1. The van der Waals surface area contributed by atoms with Gasteiger partial charge in [0, 0.05) is 37.9 Å². The summed E-state index contributed by atoms with van der Waals surface area (Å²) < 4.78 is 2.03. The molecule has 4 heteroatoms. The topological polar surface area (TPSA) is 47.1 Å². The summed E-state index contributed by atoms with van der Waals surface area (Å²) in [6, 6.07) is 10.6. The monoisotopic (exact) mass is 286 g/mol. The highest BCUT2D eigenvalue weighted by atomic mass is 15.3. The van der Waals surface area contributed by atoms with Crippen molar-refractivity contribution in [2.75, 3.05) is 13.1 Å². The Balaban J connectivity index is 1.97. The lowest BCUT2D eigenvalue weighted by Gasteiger charge is -2.21. The zero-order chi connectivity index (χ0) is 14.9. The van der Waals surface area contributed by atoms with Gasteiger partial charge in [-0.3, -0.25) is 9.58 Å². The second kappa shape index (κ2) is 8.60. The van der Waals surface area contributed by atoms with E-state index in [-0.39, 0.29) is 0 Å². The Kier molecular flexibility index (Phi) is 6.44. The van der Waals surface area contributed by atoms with Crippen molar-refractivity contribution in [3.05, 3.63) is 53.9 Å². The van der Waals surface area contributed by atoms with Crippen molar-refractivity contribution in [1.82, 2.24) is 14.7 Å². The average Bonchev–Trinajstić information content (AvgIpc) is 2.93. The standard InChI is InChI=1S/C17H26N4/c1-2-10-21-15-17(12-19-21)14-20(11-6-9-18)13-16-7-4-3-5-8-16/h3-5,7-8,12,15H,2,6,9-11,13-14,18H2,1H3. The molecule has 0 unspecified atom stereocenters. The maximum Gasteiger partial charge on any atom is 0.0534 e. The second-order valence-corrected chi connectivity index (χ2v) is 5.45. The number of benzene rings is 1. The molecule has 1 aromatic heterocycles. The minimum absolute atomic E-state index is 0.736. The van der Waals surface area contributed by atoms with Gasteiger partial charge in [-0.2, -0.15) is 5.10 Å². The van der Waals surface area contributed by atoms with Crippen molar-refractivity contribution < 1.29 is 0 Å². The van der Waals surface area contributed by atoms with E-state index in [1.165, 1.54) is 11.1 Å². The van der Waals surface area contributed by atoms with Crippen LogP contribution in [0.4, 0.5) is 0 Å². The predicted molar refractivity (Wildman–Crippen MR) is 86.7 cm³/mol. The average molecular weight is 286 g/mol. The van der Waals surface area contributed by atoms with E-state index in [4.69, 9.17) is 5.73 Å². The van der Waals surface area contributed by atoms with Crippen molar-refractivity contribution in [1.29, 1.82) is 0 Å². The summed E-state index contributed by atoms with van der Waals surface area (Å²) in [7, 11) is 0. The lowest BCUT2D eigenvalue weighted by Crippen LogP contribution is -2.25. The Hall–Kier alpha value is -1.65. The van der Waals surface area contributed by atoms with Crippen LogP contribution in [-0.4, -0.2) is 27.8 Å². The second-order valence-electron chi connectivity index (χ2n) is 5.45. The van der Waals surface area contributed by atoms with Crippen molar-refractivity contribution in [2.24, 2.45) is 5.73 Å². The molecule has 1 heterocycles. The van der Waals surface area contributed by atoms with Gasteiger partial charge in [-0.25, -0.2) is 0 Å². The molecule has 4 nitrogen and oxygen atoms in total. The molecule has 1 aromatic carbocycles. The first-order chi connectivity index (χ1) is 10.3. The summed E-state index contributed by atoms with van der Waals surface area (Å²) in [6.45, 7) is 6.80. The fourth-order valence-electron chi connectivity index (χ4n) is 2.47. The van der Waals surface area contributed by atoms with Gasteiger partial charge in [-0.15, -0.1) is 0 Å². The fourth-order valence-corrected chi connectivity index (χ4v) is 2.47. The molecule has 21 heavy (non-hydrogen) atoms. The summed E-state index contributed by atoms with van der Waals surface area (Å²) in [4.78, 5) is 2.44. The molecule has 2 aromatic rings. The predicted octanol–water partition coefficient (Wildman–Crippen LogP) is 2.64. The Bertz CT molecular complexity index is 507. The first-order valence-electron chi connectivity index (χ1n) is 7.79. The first-order valence-corrected chi connectivity index (χ1v) is 7.79. The molecule has 0 spiro atoms. The van der Waals surface area contributed by atoms with Gasteiger partial charge in [0.2, 0.25) is 0 Å². The molecule has 2 rings (SSSR count). The third kappa shape index (κ3) is 5.33. The molecule has 0 aliphatic heterocycles. The summed E-state index contributed by atoms with van der Waals surface area (Å²) in [5, 5.41) is 4.41. The van der Waals surface area contributed by atoms with E-state index in [1.807, 2.05) is 10.9 Å². The number of aromatic nitrogens is 2. The molecular formula is C17H26N4. The number of hydrogen-bond acceptors (Lipinski definition) is 3. The van der Waals surface area contributed by atoms with E-state index in [2.05, 4.69) is 53.5 Å². The molecule has 0 amide bonds. The summed E-state index contributed by atoms with van der Waals surface area (Å²) in [6.07, 6.45) is 6.28. The van der Waals surface area contributed by atoms with Crippen molar-refractivity contribution in [2.45, 2.75) is 39.4 Å². The molecule has 114 valence electrons. The minimum Gasteiger partial charge on any atom is -0.330 e. The quantitative estimate of drug-likeness (QED) is 0.771. The maximum atomic E-state index is 5.66. The van der Waals surface area contributed by atoms with E-state index in [0.717, 1.165) is 45.6 Å². The largest absolute Gasteiger partial charge is 0.330 e. The molecule has 0 aliphatic rings. The molecule has 0 bridgehead atoms. The number of rotatable bonds is 9. The molecule has 0 atom stereocenters. The Morgan fingerprint density at radius 1 is 1.14 bits per heavy atom. The smallest absolute Gasteiger partial charge is 0.0534 e. The lowest BCUT2D eigenvalue weighted by molar-refractivity contribution is 0.255. The zero-order valence-electron chi connectivity index (χ0n) is 12.9. The number of nitrogens with zero attached hydrogens (tertiary/aromatic N) is 3. The normalized spacial score (nSPS) is 11.2. The molecule has 0 saturated carbocycles. The summed E-state index contributed by atoms with van der Waals surface area (Å²) in [5.41, 5.74) is 8.28. The van der Waals surface area contributed by atoms with Crippen LogP contribution < -0.4 is 5.73 Å². The van der Waals surface area contributed by atoms with E-state index in [1.54, 1.807) is 0 Å². The summed E-state index contributed by atoms with van der Waals surface area (Å²) in [5.74, 6) is 0. The third-order valence-corrected chi connectivity index (χ3v) is 3.47. The highest BCUT2D eigenvalue weighted by molar-refractivity contribution is 5.15. The molecular weight excluding hydrogens is 260 g/mol. The SMILES string of the molecule is CCCn1cc(CN(CCCN)Cc2ccccc2)cn1. The summed E-state index contributed by atoms with van der Waals surface area (Å²) >= 11 is 0. The van der Waals surface area contributed by atoms with Gasteiger partial charge in [0.05, 0.1) is 6.20 Å². The Labute approximate surface area is 127 Å². The van der Waals surface area contributed by atoms with Crippen LogP contribution in [0, 0.1) is 0 Å². The van der Waals surface area contributed by atoms with E-state index < -0.39 is 0 Å². The third-order valence-electron chi connectivity index (χ3n) is 3.47. The van der Waals surface area contributed by atoms with Gasteiger partial charge in [0.1, 0.15) is 0 Å². The van der Waals surface area contributed by atoms with Gasteiger partial charge in [0.25, 0.3) is 0 Å². The van der Waals surface area contributed by atoms with Crippen molar-refractivity contribution in [3.8, 4) is 0 Å². The van der Waals surface area contributed by atoms with Gasteiger partial charge in [0.15, 0.2) is 0 Å². The Morgan fingerprint density at radius 3 is 2.62 bits per heavy atom. The van der Waals surface area contributed by atoms with Crippen LogP contribution in [0.25, 0.3) is 0 Å². The minimum atomic E-state index is 0.736. The van der Waals surface area contributed by atoms with Crippen molar-refractivity contribution in [3.63, 3.8) is 0 Å². The fraction of sp³-hybridized carbons (Fsp3) is 0.471. The zero-order valence-corrected chi connectivity index (χ0v) is 12.9. The van der Waals surface area contributed by atoms with E-state index >= 15 is 0 Å². The Morgan fingerprint density at radius 2 is 1.90 bits per heavy atom. The highest BCUT2D eigenvalue weighted by Crippen LogP contribution is 2.10. The van der Waals surface area contributed by atoms with Crippen LogP contribution in [0.1, 0.15) is 30.9 Å². The number of nitrogens with two attached hydrogens (primary N) is 1. The maximum absolute atomic E-state index is 5.66. The van der Waals surface area contributed by atoms with Gasteiger partial charge in [-0.1, -0.05) is 37.3 Å². The number of aryl methyl sites for hydroxylation is 1. The van der Waals surface area contributed by atoms with Gasteiger partial charge in [-0.05, 0) is 24.9 Å². The molecule has 0 aliphatic carbocycles. The van der Waals surface area contributed by atoms with Crippen LogP contribution in [0.15, 0.2) is 42.7 Å². The van der Waals surface area contributed by atoms with Crippen LogP contribution in [0.5, 0.6) is 0 Å². The van der Waals surface area contributed by atoms with Gasteiger partial charge >= 0.3 is 0 Å². The van der Waals surface area contributed by atoms with Crippen LogP contribution >= 0.6 is 0 Å². The first kappa shape index (κ1) is 15.7. The van der Waals surface area contributed by atoms with E-state index in [9.17, 15) is 0 Å². The van der Waals surface area contributed by atoms with E-state index in [0.29, 0.717) is 0 Å². The molecule has 0 fully saturated rings.